The average molecular weight is 296 g/mol. The van der Waals surface area contributed by atoms with E-state index < -0.39 is 0 Å². The van der Waals surface area contributed by atoms with E-state index in [-0.39, 0.29) is 11.2 Å². The molecular weight excluding hydrogens is 278 g/mol. The number of hydrogen-bond donors (Lipinski definition) is 2. The largest absolute Gasteiger partial charge is 0.377 e. The number of nitrogens with zero attached hydrogens (tertiary/aromatic N) is 1. The van der Waals surface area contributed by atoms with Crippen molar-refractivity contribution < 1.29 is 4.74 Å². The second-order valence-corrected chi connectivity index (χ2v) is 5.68. The normalized spacial score (nSPS) is 12.0. The van der Waals surface area contributed by atoms with Gasteiger partial charge in [0.25, 0.3) is 5.56 Å². The minimum atomic E-state index is -0.263. The van der Waals surface area contributed by atoms with Gasteiger partial charge in [-0.15, -0.1) is 0 Å². The van der Waals surface area contributed by atoms with E-state index in [0.717, 1.165) is 0 Å². The zero-order valence-electron chi connectivity index (χ0n) is 11.8. The van der Waals surface area contributed by atoms with Gasteiger partial charge in [0, 0.05) is 18.7 Å². The van der Waals surface area contributed by atoms with Gasteiger partial charge in [-0.25, -0.2) is 4.98 Å². The molecule has 0 aliphatic carbocycles. The van der Waals surface area contributed by atoms with Crippen LogP contribution in [-0.4, -0.2) is 29.2 Å². The van der Waals surface area contributed by atoms with Gasteiger partial charge in [-0.2, -0.15) is 0 Å². The van der Waals surface area contributed by atoms with Crippen LogP contribution in [-0.2, 0) is 11.3 Å². The van der Waals surface area contributed by atoms with Crippen molar-refractivity contribution in [3.8, 4) is 0 Å². The Morgan fingerprint density at radius 3 is 2.90 bits per heavy atom. The van der Waals surface area contributed by atoms with Crippen molar-refractivity contribution in [2.24, 2.45) is 0 Å². The zero-order valence-corrected chi connectivity index (χ0v) is 12.5. The molecule has 0 aliphatic heterocycles. The van der Waals surface area contributed by atoms with E-state index in [2.05, 4.69) is 15.3 Å². The lowest BCUT2D eigenvalue weighted by atomic mass is 10.1. The van der Waals surface area contributed by atoms with E-state index in [1.54, 1.807) is 25.3 Å². The van der Waals surface area contributed by atoms with Crippen molar-refractivity contribution in [1.29, 1.82) is 0 Å². The number of hydrogen-bond acceptors (Lipinski definition) is 4. The minimum absolute atomic E-state index is 0.158. The number of benzene rings is 1. The van der Waals surface area contributed by atoms with Crippen LogP contribution in [0.4, 0.5) is 0 Å². The predicted molar refractivity (Wildman–Crippen MR) is 80.2 cm³/mol. The Labute approximate surface area is 122 Å². The van der Waals surface area contributed by atoms with Crippen LogP contribution >= 0.6 is 11.6 Å². The zero-order chi connectivity index (χ0) is 14.8. The lowest BCUT2D eigenvalue weighted by Crippen LogP contribution is -2.36. The van der Waals surface area contributed by atoms with Crippen molar-refractivity contribution >= 4 is 22.5 Å². The lowest BCUT2D eigenvalue weighted by molar-refractivity contribution is 0.0229. The molecular formula is C14H18ClN3O2. The molecule has 0 bridgehead atoms. The molecule has 6 heteroatoms. The predicted octanol–water partition coefficient (Wildman–Crippen LogP) is 2.09. The van der Waals surface area contributed by atoms with Crippen LogP contribution in [0.3, 0.4) is 0 Å². The Bertz CT molecular complexity index is 667. The van der Waals surface area contributed by atoms with Crippen LogP contribution in [0.1, 0.15) is 19.7 Å². The van der Waals surface area contributed by atoms with Gasteiger partial charge < -0.3 is 15.0 Å². The second kappa shape index (κ2) is 5.91. The summed E-state index contributed by atoms with van der Waals surface area (Å²) in [6, 6.07) is 5.04. The van der Waals surface area contributed by atoms with Gasteiger partial charge in [-0.3, -0.25) is 4.79 Å². The van der Waals surface area contributed by atoms with Gasteiger partial charge in [0.15, 0.2) is 0 Å². The minimum Gasteiger partial charge on any atom is -0.377 e. The van der Waals surface area contributed by atoms with Gasteiger partial charge in [0.05, 0.1) is 23.0 Å². The third kappa shape index (κ3) is 3.56. The van der Waals surface area contributed by atoms with Crippen molar-refractivity contribution in [2.75, 3.05) is 13.7 Å². The Morgan fingerprint density at radius 2 is 2.20 bits per heavy atom. The number of fused-ring (bicyclic) bond motifs is 1. The summed E-state index contributed by atoms with van der Waals surface area (Å²) in [5, 5.41) is 4.31. The number of methoxy groups -OCH3 is 1. The van der Waals surface area contributed by atoms with Crippen molar-refractivity contribution in [1.82, 2.24) is 15.3 Å². The SMILES string of the molecule is COC(C)(C)CNCc1nc2cc(Cl)ccc2c(=O)[nH]1. The molecule has 2 aromatic rings. The molecule has 20 heavy (non-hydrogen) atoms. The van der Waals surface area contributed by atoms with E-state index in [4.69, 9.17) is 16.3 Å². The van der Waals surface area contributed by atoms with Crippen LogP contribution < -0.4 is 10.9 Å². The average Bonchev–Trinajstić information content (AvgIpc) is 2.38. The molecule has 1 aromatic carbocycles. The highest BCUT2D eigenvalue weighted by Crippen LogP contribution is 2.14. The molecule has 0 radical (unpaired) electrons. The molecule has 2 N–H and O–H groups in total. The molecule has 0 spiro atoms. The highest BCUT2D eigenvalue weighted by atomic mass is 35.5. The maximum atomic E-state index is 11.9. The Kier molecular flexibility index (Phi) is 4.42. The number of aromatic nitrogens is 2. The van der Waals surface area contributed by atoms with Crippen molar-refractivity contribution in [3.05, 3.63) is 39.4 Å². The maximum Gasteiger partial charge on any atom is 0.258 e. The fourth-order valence-corrected chi connectivity index (χ4v) is 1.97. The van der Waals surface area contributed by atoms with Crippen LogP contribution in [0, 0.1) is 0 Å². The van der Waals surface area contributed by atoms with Gasteiger partial charge in [-0.05, 0) is 32.0 Å². The van der Waals surface area contributed by atoms with Crippen LogP contribution in [0.2, 0.25) is 5.02 Å². The van der Waals surface area contributed by atoms with E-state index >= 15 is 0 Å². The molecule has 0 aliphatic rings. The van der Waals surface area contributed by atoms with Gasteiger partial charge in [0.2, 0.25) is 0 Å². The summed E-state index contributed by atoms with van der Waals surface area (Å²) in [5.41, 5.74) is 0.180. The fraction of sp³-hybridized carbons (Fsp3) is 0.429. The maximum absolute atomic E-state index is 11.9. The lowest BCUT2D eigenvalue weighted by Gasteiger charge is -2.23. The molecule has 108 valence electrons. The number of aromatic amines is 1. The summed E-state index contributed by atoms with van der Waals surface area (Å²) in [5.74, 6) is 0.580. The monoisotopic (exact) mass is 295 g/mol. The molecule has 1 heterocycles. The summed E-state index contributed by atoms with van der Waals surface area (Å²) in [4.78, 5) is 19.1. The van der Waals surface area contributed by atoms with E-state index in [0.29, 0.717) is 34.8 Å². The van der Waals surface area contributed by atoms with Crippen LogP contribution in [0.15, 0.2) is 23.0 Å². The Balaban J connectivity index is 2.17. The molecule has 0 unspecified atom stereocenters. The van der Waals surface area contributed by atoms with E-state index in [9.17, 15) is 4.79 Å². The smallest absolute Gasteiger partial charge is 0.258 e. The summed E-state index contributed by atoms with van der Waals surface area (Å²) in [6.07, 6.45) is 0. The summed E-state index contributed by atoms with van der Waals surface area (Å²) >= 11 is 5.92. The summed E-state index contributed by atoms with van der Waals surface area (Å²) in [7, 11) is 1.67. The van der Waals surface area contributed by atoms with E-state index in [1.165, 1.54) is 0 Å². The number of nitrogens with one attached hydrogen (secondary N) is 2. The first-order valence-corrected chi connectivity index (χ1v) is 6.73. The molecule has 0 saturated carbocycles. The third-order valence-electron chi connectivity index (χ3n) is 3.11. The summed E-state index contributed by atoms with van der Waals surface area (Å²) in [6.45, 7) is 5.08. The number of halogens is 1. The van der Waals surface area contributed by atoms with Crippen molar-refractivity contribution in [3.63, 3.8) is 0 Å². The molecule has 5 nitrogen and oxygen atoms in total. The Hall–Kier alpha value is -1.43. The second-order valence-electron chi connectivity index (χ2n) is 5.24. The first-order chi connectivity index (χ1) is 9.41. The molecule has 0 fully saturated rings. The topological polar surface area (TPSA) is 67.0 Å². The van der Waals surface area contributed by atoms with Gasteiger partial charge >= 0.3 is 0 Å². The van der Waals surface area contributed by atoms with Crippen molar-refractivity contribution in [2.45, 2.75) is 26.0 Å². The summed E-state index contributed by atoms with van der Waals surface area (Å²) < 4.78 is 5.31. The quantitative estimate of drug-likeness (QED) is 0.886. The fourth-order valence-electron chi connectivity index (χ4n) is 1.80. The molecule has 2 rings (SSSR count). The first-order valence-electron chi connectivity index (χ1n) is 6.35. The molecule has 0 amide bonds. The highest BCUT2D eigenvalue weighted by Gasteiger charge is 2.15. The molecule has 0 atom stereocenters. The van der Waals surface area contributed by atoms with Gasteiger partial charge in [0.1, 0.15) is 5.82 Å². The highest BCUT2D eigenvalue weighted by molar-refractivity contribution is 6.31. The number of H-pyrrole nitrogens is 1. The molecule has 1 aromatic heterocycles. The van der Waals surface area contributed by atoms with Crippen LogP contribution in [0.5, 0.6) is 0 Å². The standard InChI is InChI=1S/C14H18ClN3O2/c1-14(2,20-3)8-16-7-12-17-11-6-9(15)4-5-10(11)13(19)18-12/h4-6,16H,7-8H2,1-3H3,(H,17,18,19). The van der Waals surface area contributed by atoms with Crippen LogP contribution in [0.25, 0.3) is 10.9 Å². The third-order valence-corrected chi connectivity index (χ3v) is 3.35. The van der Waals surface area contributed by atoms with E-state index in [1.807, 2.05) is 13.8 Å². The first kappa shape index (κ1) is 15.0. The number of ether oxygens (including phenoxy) is 1. The molecule has 0 saturated heterocycles. The number of rotatable bonds is 5. The van der Waals surface area contributed by atoms with Gasteiger partial charge in [-0.1, -0.05) is 11.6 Å². The Morgan fingerprint density at radius 1 is 1.45 bits per heavy atom.